The monoisotopic (exact) mass is 321 g/mol. The molecule has 1 saturated carbocycles. The summed E-state index contributed by atoms with van der Waals surface area (Å²) in [4.78, 5) is 0. The van der Waals surface area contributed by atoms with E-state index in [1.165, 1.54) is 12.0 Å². The fraction of sp³-hybridized carbons (Fsp3) is 0.684. The third kappa shape index (κ3) is 4.18. The third-order valence-corrected chi connectivity index (χ3v) is 5.30. The molecule has 130 valence electrons. The van der Waals surface area contributed by atoms with Gasteiger partial charge in [0.1, 0.15) is 0 Å². The molecule has 0 saturated heterocycles. The van der Waals surface area contributed by atoms with Crippen molar-refractivity contribution in [2.75, 3.05) is 20.8 Å². The maximum Gasteiger partial charge on any atom is 0.160 e. The van der Waals surface area contributed by atoms with Gasteiger partial charge in [0.05, 0.1) is 14.2 Å². The lowest BCUT2D eigenvalue weighted by Crippen LogP contribution is -2.47. The summed E-state index contributed by atoms with van der Waals surface area (Å²) in [7, 11) is 3.33. The van der Waals surface area contributed by atoms with Gasteiger partial charge in [0.25, 0.3) is 0 Å². The van der Waals surface area contributed by atoms with Crippen molar-refractivity contribution in [3.63, 3.8) is 0 Å². The first kappa shape index (κ1) is 18.1. The molecule has 0 heterocycles. The Labute approximate surface area is 140 Å². The number of methoxy groups -OCH3 is 2. The predicted molar refractivity (Wildman–Crippen MR) is 93.3 cm³/mol. The molecular formula is C19H31NO3. The Balaban J connectivity index is 2.05. The third-order valence-electron chi connectivity index (χ3n) is 5.30. The largest absolute Gasteiger partial charge is 0.493 e. The summed E-state index contributed by atoms with van der Waals surface area (Å²) in [6, 6.07) is 6.93. The zero-order chi connectivity index (χ0) is 16.9. The van der Waals surface area contributed by atoms with E-state index in [0.29, 0.717) is 12.1 Å². The number of hydrogen-bond donors (Lipinski definition) is 2. The Morgan fingerprint density at radius 3 is 2.65 bits per heavy atom. The van der Waals surface area contributed by atoms with Crippen molar-refractivity contribution in [2.45, 2.75) is 58.0 Å². The minimum atomic E-state index is 0.0189. The molecule has 0 radical (unpaired) electrons. The maximum absolute atomic E-state index is 9.73. The van der Waals surface area contributed by atoms with Gasteiger partial charge >= 0.3 is 0 Å². The summed E-state index contributed by atoms with van der Waals surface area (Å²) in [6.07, 6.45) is 5.47. The van der Waals surface area contributed by atoms with Crippen molar-refractivity contribution in [3.8, 4) is 11.5 Å². The SMILES string of the molecule is CCC(Cc1ccc(OC)c(OC)c1)NC1CCCC1(C)CO. The number of aliphatic hydroxyl groups is 1. The quantitative estimate of drug-likeness (QED) is 0.772. The minimum Gasteiger partial charge on any atom is -0.493 e. The van der Waals surface area contributed by atoms with Gasteiger partial charge in [-0.3, -0.25) is 0 Å². The molecule has 4 nitrogen and oxygen atoms in total. The molecule has 4 heteroatoms. The fourth-order valence-electron chi connectivity index (χ4n) is 3.60. The lowest BCUT2D eigenvalue weighted by Gasteiger charge is -2.33. The van der Waals surface area contributed by atoms with Gasteiger partial charge in [-0.1, -0.05) is 26.3 Å². The van der Waals surface area contributed by atoms with Crippen LogP contribution in [-0.2, 0) is 6.42 Å². The Hall–Kier alpha value is -1.26. The summed E-state index contributed by atoms with van der Waals surface area (Å²) in [5.41, 5.74) is 1.26. The minimum absolute atomic E-state index is 0.0189. The molecule has 0 bridgehead atoms. The summed E-state index contributed by atoms with van der Waals surface area (Å²) < 4.78 is 10.7. The second-order valence-electron chi connectivity index (χ2n) is 6.92. The molecule has 0 spiro atoms. The molecule has 1 aromatic carbocycles. The Morgan fingerprint density at radius 1 is 1.30 bits per heavy atom. The van der Waals surface area contributed by atoms with Crippen LogP contribution in [-0.4, -0.2) is 38.0 Å². The van der Waals surface area contributed by atoms with Gasteiger partial charge in [0.2, 0.25) is 0 Å². The van der Waals surface area contributed by atoms with Gasteiger partial charge in [-0.15, -0.1) is 0 Å². The molecule has 1 fully saturated rings. The highest BCUT2D eigenvalue weighted by Gasteiger charge is 2.38. The zero-order valence-electron chi connectivity index (χ0n) is 14.9. The highest BCUT2D eigenvalue weighted by atomic mass is 16.5. The van der Waals surface area contributed by atoms with Crippen LogP contribution < -0.4 is 14.8 Å². The van der Waals surface area contributed by atoms with E-state index < -0.39 is 0 Å². The highest BCUT2D eigenvalue weighted by molar-refractivity contribution is 5.43. The van der Waals surface area contributed by atoms with Crippen LogP contribution in [0.15, 0.2) is 18.2 Å². The molecule has 23 heavy (non-hydrogen) atoms. The van der Waals surface area contributed by atoms with Crippen molar-refractivity contribution < 1.29 is 14.6 Å². The highest BCUT2D eigenvalue weighted by Crippen LogP contribution is 2.38. The van der Waals surface area contributed by atoms with Crippen LogP contribution in [0.3, 0.4) is 0 Å². The molecule has 0 amide bonds. The molecule has 1 aliphatic carbocycles. The summed E-state index contributed by atoms with van der Waals surface area (Å²) in [5.74, 6) is 1.54. The Bertz CT molecular complexity index is 505. The standard InChI is InChI=1S/C19H31NO3/c1-5-15(20-18-7-6-10-19(18,2)13-21)11-14-8-9-16(22-3)17(12-14)23-4/h8-9,12,15,18,20-21H,5-7,10-11,13H2,1-4H3. The molecular weight excluding hydrogens is 290 g/mol. The average molecular weight is 321 g/mol. The average Bonchev–Trinajstić information content (AvgIpc) is 2.95. The number of benzene rings is 1. The van der Waals surface area contributed by atoms with Crippen molar-refractivity contribution in [3.05, 3.63) is 23.8 Å². The maximum atomic E-state index is 9.73. The summed E-state index contributed by atoms with van der Waals surface area (Å²) in [6.45, 7) is 4.67. The normalized spacial score (nSPS) is 25.3. The zero-order valence-corrected chi connectivity index (χ0v) is 14.9. The second-order valence-corrected chi connectivity index (χ2v) is 6.92. The van der Waals surface area contributed by atoms with Gasteiger partial charge in [-0.25, -0.2) is 0 Å². The predicted octanol–water partition coefficient (Wildman–Crippen LogP) is 3.17. The molecule has 1 aromatic rings. The van der Waals surface area contributed by atoms with Crippen LogP contribution in [0.5, 0.6) is 11.5 Å². The molecule has 0 aromatic heterocycles. The van der Waals surface area contributed by atoms with Crippen LogP contribution in [0.1, 0.15) is 45.1 Å². The van der Waals surface area contributed by atoms with E-state index in [-0.39, 0.29) is 12.0 Å². The van der Waals surface area contributed by atoms with Gasteiger partial charge in [0, 0.05) is 24.1 Å². The van der Waals surface area contributed by atoms with Crippen molar-refractivity contribution in [1.29, 1.82) is 0 Å². The van der Waals surface area contributed by atoms with Crippen LogP contribution >= 0.6 is 0 Å². The van der Waals surface area contributed by atoms with Gasteiger partial charge in [-0.05, 0) is 43.4 Å². The first-order valence-electron chi connectivity index (χ1n) is 8.64. The Kier molecular flexibility index (Phi) is 6.31. The molecule has 0 aliphatic heterocycles. The van der Waals surface area contributed by atoms with E-state index in [0.717, 1.165) is 37.2 Å². The lowest BCUT2D eigenvalue weighted by atomic mass is 9.85. The Morgan fingerprint density at radius 2 is 2.04 bits per heavy atom. The molecule has 2 N–H and O–H groups in total. The van der Waals surface area contributed by atoms with Crippen LogP contribution in [0.25, 0.3) is 0 Å². The van der Waals surface area contributed by atoms with E-state index in [4.69, 9.17) is 9.47 Å². The topological polar surface area (TPSA) is 50.7 Å². The van der Waals surface area contributed by atoms with Crippen molar-refractivity contribution >= 4 is 0 Å². The number of nitrogens with one attached hydrogen (secondary N) is 1. The number of hydrogen-bond acceptors (Lipinski definition) is 4. The summed E-state index contributed by atoms with van der Waals surface area (Å²) >= 11 is 0. The van der Waals surface area contributed by atoms with E-state index in [2.05, 4.69) is 31.3 Å². The van der Waals surface area contributed by atoms with Crippen LogP contribution in [0, 0.1) is 5.41 Å². The smallest absolute Gasteiger partial charge is 0.160 e. The van der Waals surface area contributed by atoms with Gasteiger partial charge in [0.15, 0.2) is 11.5 Å². The number of rotatable bonds is 8. The number of aliphatic hydroxyl groups excluding tert-OH is 1. The molecule has 1 aliphatic rings. The van der Waals surface area contributed by atoms with Crippen molar-refractivity contribution in [2.24, 2.45) is 5.41 Å². The van der Waals surface area contributed by atoms with E-state index >= 15 is 0 Å². The fourth-order valence-corrected chi connectivity index (χ4v) is 3.60. The first-order chi connectivity index (χ1) is 11.1. The molecule has 3 atom stereocenters. The molecule has 2 rings (SSSR count). The van der Waals surface area contributed by atoms with Crippen molar-refractivity contribution in [1.82, 2.24) is 5.32 Å². The van der Waals surface area contributed by atoms with Crippen LogP contribution in [0.4, 0.5) is 0 Å². The van der Waals surface area contributed by atoms with E-state index in [9.17, 15) is 5.11 Å². The van der Waals surface area contributed by atoms with Crippen LogP contribution in [0.2, 0.25) is 0 Å². The van der Waals surface area contributed by atoms with Gasteiger partial charge in [-0.2, -0.15) is 0 Å². The van der Waals surface area contributed by atoms with E-state index in [1.54, 1.807) is 14.2 Å². The second kappa shape index (κ2) is 8.02. The van der Waals surface area contributed by atoms with E-state index in [1.807, 2.05) is 6.07 Å². The summed E-state index contributed by atoms with van der Waals surface area (Å²) in [5, 5.41) is 13.5. The first-order valence-corrected chi connectivity index (χ1v) is 8.64. The molecule has 3 unspecified atom stereocenters. The lowest BCUT2D eigenvalue weighted by molar-refractivity contribution is 0.113. The van der Waals surface area contributed by atoms with Gasteiger partial charge < -0.3 is 19.9 Å². The number of ether oxygens (including phenoxy) is 2.